The predicted octanol–water partition coefficient (Wildman–Crippen LogP) is 2.48. The van der Waals surface area contributed by atoms with Crippen molar-refractivity contribution >= 4 is 24.0 Å². The molecule has 5 heteroatoms. The molecule has 1 aromatic rings. The van der Waals surface area contributed by atoms with Crippen LogP contribution in [0, 0.1) is 6.92 Å². The fourth-order valence-corrected chi connectivity index (χ4v) is 1.56. The molecule has 0 aliphatic rings. The summed E-state index contributed by atoms with van der Waals surface area (Å²) in [4.78, 5) is 12.0. The average molecular weight is 283 g/mol. The van der Waals surface area contributed by atoms with Gasteiger partial charge in [0.25, 0.3) is 5.91 Å². The van der Waals surface area contributed by atoms with Crippen molar-refractivity contribution in [3.8, 4) is 5.75 Å². The molecule has 0 saturated heterocycles. The lowest BCUT2D eigenvalue weighted by atomic mass is 10.1. The van der Waals surface area contributed by atoms with Crippen LogP contribution in [0.1, 0.15) is 15.9 Å². The summed E-state index contributed by atoms with van der Waals surface area (Å²) in [5.41, 5.74) is 7.52. The largest absolute Gasteiger partial charge is 0.488 e. The second-order valence-electron chi connectivity index (χ2n) is 3.81. The zero-order valence-corrected chi connectivity index (χ0v) is 11.8. The van der Waals surface area contributed by atoms with Gasteiger partial charge in [-0.25, -0.2) is 0 Å². The second-order valence-corrected chi connectivity index (χ2v) is 3.81. The first kappa shape index (κ1) is 17.1. The molecule has 0 unspecified atom stereocenters. The molecule has 1 amide bonds. The number of ether oxygens (including phenoxy) is 1. The van der Waals surface area contributed by atoms with Gasteiger partial charge in [0.15, 0.2) is 0 Å². The molecule has 0 fully saturated rings. The molecule has 0 saturated carbocycles. The topological polar surface area (TPSA) is 64.4 Å². The summed E-state index contributed by atoms with van der Waals surface area (Å²) in [5, 5.41) is 2.70. The van der Waals surface area contributed by atoms with Crippen molar-refractivity contribution in [1.82, 2.24) is 5.32 Å². The van der Waals surface area contributed by atoms with E-state index in [9.17, 15) is 4.79 Å². The number of hydrogen-bond acceptors (Lipinski definition) is 3. The Morgan fingerprint density at radius 2 is 2.11 bits per heavy atom. The van der Waals surface area contributed by atoms with Crippen LogP contribution in [0.2, 0.25) is 0 Å². The molecule has 0 bridgehead atoms. The fourth-order valence-electron chi connectivity index (χ4n) is 1.56. The van der Waals surface area contributed by atoms with Crippen molar-refractivity contribution < 1.29 is 9.53 Å². The van der Waals surface area contributed by atoms with Crippen LogP contribution in [0.3, 0.4) is 0 Å². The van der Waals surface area contributed by atoms with Gasteiger partial charge in [0.1, 0.15) is 12.4 Å². The first-order valence-electron chi connectivity index (χ1n) is 5.63. The van der Waals surface area contributed by atoms with E-state index >= 15 is 0 Å². The highest BCUT2D eigenvalue weighted by molar-refractivity contribution is 5.98. The van der Waals surface area contributed by atoms with Crippen LogP contribution in [-0.2, 0) is 0 Å². The Morgan fingerprint density at radius 3 is 2.68 bits per heavy atom. The minimum absolute atomic E-state index is 0. The summed E-state index contributed by atoms with van der Waals surface area (Å²) in [6, 6.07) is 3.37. The summed E-state index contributed by atoms with van der Waals surface area (Å²) in [6.07, 6.45) is 3.24. The third kappa shape index (κ3) is 4.67. The van der Waals surface area contributed by atoms with Gasteiger partial charge in [0.05, 0.1) is 5.56 Å². The number of aryl methyl sites for hydroxylation is 1. The third-order valence-electron chi connectivity index (χ3n) is 2.29. The highest BCUT2D eigenvalue weighted by Gasteiger charge is 2.15. The van der Waals surface area contributed by atoms with Crippen molar-refractivity contribution in [2.45, 2.75) is 6.92 Å². The van der Waals surface area contributed by atoms with E-state index in [1.165, 1.54) is 0 Å². The van der Waals surface area contributed by atoms with E-state index in [0.717, 1.165) is 5.56 Å². The monoisotopic (exact) mass is 282 g/mol. The molecule has 104 valence electrons. The van der Waals surface area contributed by atoms with Gasteiger partial charge < -0.3 is 15.8 Å². The van der Waals surface area contributed by atoms with Crippen LogP contribution in [0.5, 0.6) is 5.75 Å². The zero-order valence-electron chi connectivity index (χ0n) is 10.9. The number of hydrogen-bond donors (Lipinski definition) is 2. The van der Waals surface area contributed by atoms with E-state index in [-0.39, 0.29) is 18.3 Å². The van der Waals surface area contributed by atoms with Crippen molar-refractivity contribution in [3.63, 3.8) is 0 Å². The van der Waals surface area contributed by atoms with Crippen LogP contribution in [-0.4, -0.2) is 19.1 Å². The van der Waals surface area contributed by atoms with Gasteiger partial charge in [0, 0.05) is 12.2 Å². The van der Waals surface area contributed by atoms with Gasteiger partial charge in [-0.05, 0) is 24.6 Å². The number of nitrogens with one attached hydrogen (secondary N) is 1. The minimum Gasteiger partial charge on any atom is -0.488 e. The van der Waals surface area contributed by atoms with Crippen molar-refractivity contribution in [2.75, 3.05) is 18.9 Å². The van der Waals surface area contributed by atoms with Gasteiger partial charge in [0.2, 0.25) is 0 Å². The predicted molar refractivity (Wildman–Crippen MR) is 81.1 cm³/mol. The standard InChI is InChI=1S/C14H18N2O2.ClH/c1-4-6-16-14(17)12-9-11(15)8-10(3)13(12)18-7-5-2;/h4-5,8-9H,1-2,6-7,15H2,3H3,(H,16,17);1H. The number of carbonyl (C=O) groups excluding carboxylic acids is 1. The van der Waals surface area contributed by atoms with Gasteiger partial charge in [-0.3, -0.25) is 4.79 Å². The molecule has 0 spiro atoms. The molecule has 0 radical (unpaired) electrons. The van der Waals surface area contributed by atoms with E-state index in [2.05, 4.69) is 18.5 Å². The Kier molecular flexibility index (Phi) is 7.37. The molecule has 0 heterocycles. The molecule has 1 rings (SSSR count). The second kappa shape index (κ2) is 8.21. The summed E-state index contributed by atoms with van der Waals surface area (Å²) in [7, 11) is 0. The Hall–Kier alpha value is -1.94. The number of nitrogens with two attached hydrogens (primary N) is 1. The van der Waals surface area contributed by atoms with E-state index in [1.54, 1.807) is 24.3 Å². The van der Waals surface area contributed by atoms with E-state index < -0.39 is 0 Å². The Morgan fingerprint density at radius 1 is 1.42 bits per heavy atom. The summed E-state index contributed by atoms with van der Waals surface area (Å²) >= 11 is 0. The SMILES string of the molecule is C=CCNC(=O)c1cc(N)cc(C)c1OCC=C.Cl. The lowest BCUT2D eigenvalue weighted by Crippen LogP contribution is -2.24. The van der Waals surface area contributed by atoms with Gasteiger partial charge in [-0.2, -0.15) is 0 Å². The smallest absolute Gasteiger partial charge is 0.255 e. The molecule has 0 aliphatic heterocycles. The number of rotatable bonds is 6. The van der Waals surface area contributed by atoms with Gasteiger partial charge in [-0.15, -0.1) is 19.0 Å². The summed E-state index contributed by atoms with van der Waals surface area (Å²) in [6.45, 7) is 9.72. The molecule has 0 aliphatic carbocycles. The maximum absolute atomic E-state index is 12.0. The molecule has 0 aromatic heterocycles. The lowest BCUT2D eigenvalue weighted by molar-refractivity contribution is 0.0954. The Balaban J connectivity index is 0.00000324. The summed E-state index contributed by atoms with van der Waals surface area (Å²) in [5.74, 6) is 0.301. The molecule has 3 N–H and O–H groups in total. The Bertz CT molecular complexity index is 473. The molecule has 19 heavy (non-hydrogen) atoms. The third-order valence-corrected chi connectivity index (χ3v) is 2.29. The number of nitrogen functional groups attached to an aromatic ring is 1. The molecule has 0 atom stereocenters. The first-order chi connectivity index (χ1) is 8.60. The van der Waals surface area contributed by atoms with Crippen LogP contribution < -0.4 is 15.8 Å². The van der Waals surface area contributed by atoms with Crippen molar-refractivity contribution in [1.29, 1.82) is 0 Å². The number of amides is 1. The maximum atomic E-state index is 12.0. The minimum atomic E-state index is -0.232. The molecule has 1 aromatic carbocycles. The number of benzene rings is 1. The van der Waals surface area contributed by atoms with Gasteiger partial charge >= 0.3 is 0 Å². The lowest BCUT2D eigenvalue weighted by Gasteiger charge is -2.13. The van der Waals surface area contributed by atoms with Crippen LogP contribution in [0.4, 0.5) is 5.69 Å². The average Bonchev–Trinajstić information content (AvgIpc) is 2.34. The molecular weight excluding hydrogens is 264 g/mol. The number of anilines is 1. The quantitative estimate of drug-likeness (QED) is 0.622. The summed E-state index contributed by atoms with van der Waals surface area (Å²) < 4.78 is 5.51. The fraction of sp³-hybridized carbons (Fsp3) is 0.214. The van der Waals surface area contributed by atoms with Crippen molar-refractivity contribution in [2.24, 2.45) is 0 Å². The zero-order chi connectivity index (χ0) is 13.5. The highest BCUT2D eigenvalue weighted by Crippen LogP contribution is 2.26. The molecule has 4 nitrogen and oxygen atoms in total. The van der Waals surface area contributed by atoms with Crippen LogP contribution in [0.15, 0.2) is 37.4 Å². The number of halogens is 1. The first-order valence-corrected chi connectivity index (χ1v) is 5.63. The van der Waals surface area contributed by atoms with E-state index in [1.807, 2.05) is 6.92 Å². The normalized spacial score (nSPS) is 9.11. The maximum Gasteiger partial charge on any atom is 0.255 e. The van der Waals surface area contributed by atoms with Crippen LogP contribution >= 0.6 is 12.4 Å². The van der Waals surface area contributed by atoms with E-state index in [4.69, 9.17) is 10.5 Å². The highest BCUT2D eigenvalue weighted by atomic mass is 35.5. The Labute approximate surface area is 119 Å². The van der Waals surface area contributed by atoms with E-state index in [0.29, 0.717) is 30.2 Å². The number of carbonyl (C=O) groups is 1. The van der Waals surface area contributed by atoms with Crippen molar-refractivity contribution in [3.05, 3.63) is 48.6 Å². The van der Waals surface area contributed by atoms with Crippen LogP contribution in [0.25, 0.3) is 0 Å². The molecular formula is C14H19ClN2O2. The van der Waals surface area contributed by atoms with Gasteiger partial charge in [-0.1, -0.05) is 18.7 Å².